The fourth-order valence-electron chi connectivity index (χ4n) is 1.93. The van der Waals surface area contributed by atoms with E-state index in [-0.39, 0.29) is 18.2 Å². The lowest BCUT2D eigenvalue weighted by atomic mass is 9.96. The van der Waals surface area contributed by atoms with Crippen LogP contribution in [0.1, 0.15) is 59.3 Å². The molecule has 0 heterocycles. The second-order valence-corrected chi connectivity index (χ2v) is 5.27. The molecule has 0 amide bonds. The van der Waals surface area contributed by atoms with Crippen LogP contribution in [-0.2, 0) is 4.74 Å². The molecule has 0 aromatic heterocycles. The summed E-state index contributed by atoms with van der Waals surface area (Å²) in [5.41, 5.74) is -0.221. The Balaban J connectivity index is 3.55. The molecule has 3 heteroatoms. The smallest absolute Gasteiger partial charge is 0.0611 e. The van der Waals surface area contributed by atoms with Crippen molar-refractivity contribution in [1.29, 1.82) is 0 Å². The summed E-state index contributed by atoms with van der Waals surface area (Å²) in [5, 5.41) is 12.4. The van der Waals surface area contributed by atoms with Crippen LogP contribution in [0.2, 0.25) is 0 Å². The number of unbranched alkanes of at least 4 members (excludes halogenated alkanes) is 4. The van der Waals surface area contributed by atoms with Crippen molar-refractivity contribution >= 4 is 0 Å². The van der Waals surface area contributed by atoms with Crippen LogP contribution in [0, 0.1) is 0 Å². The number of hydrogen-bond acceptors (Lipinski definition) is 3. The van der Waals surface area contributed by atoms with Gasteiger partial charge in [0.2, 0.25) is 0 Å². The quantitative estimate of drug-likeness (QED) is 0.550. The summed E-state index contributed by atoms with van der Waals surface area (Å²) >= 11 is 0. The molecule has 0 aliphatic rings. The van der Waals surface area contributed by atoms with Gasteiger partial charge >= 0.3 is 0 Å². The van der Waals surface area contributed by atoms with E-state index in [1.807, 2.05) is 14.0 Å². The Kier molecular flexibility index (Phi) is 9.79. The second-order valence-electron chi connectivity index (χ2n) is 5.27. The molecule has 0 aromatic rings. The van der Waals surface area contributed by atoms with Crippen LogP contribution < -0.4 is 5.32 Å². The maximum atomic E-state index is 9.28. The van der Waals surface area contributed by atoms with Crippen molar-refractivity contribution in [3.63, 3.8) is 0 Å². The molecule has 0 aliphatic heterocycles. The van der Waals surface area contributed by atoms with E-state index in [1.54, 1.807) is 0 Å². The molecular weight excluding hydrogens is 214 g/mol. The Morgan fingerprint density at radius 1 is 1.24 bits per heavy atom. The third-order valence-electron chi connectivity index (χ3n) is 3.34. The Bertz CT molecular complexity index is 170. The number of nitrogens with one attached hydrogen (secondary N) is 1. The molecule has 0 aliphatic carbocycles. The van der Waals surface area contributed by atoms with Crippen molar-refractivity contribution in [2.75, 3.05) is 20.3 Å². The van der Waals surface area contributed by atoms with E-state index in [0.29, 0.717) is 0 Å². The topological polar surface area (TPSA) is 41.5 Å². The summed E-state index contributed by atoms with van der Waals surface area (Å²) in [6, 6.07) is 0. The highest BCUT2D eigenvalue weighted by molar-refractivity contribution is 4.82. The van der Waals surface area contributed by atoms with E-state index in [9.17, 15) is 5.11 Å². The first-order valence-electron chi connectivity index (χ1n) is 6.99. The minimum absolute atomic E-state index is 0.147. The minimum atomic E-state index is -0.221. The van der Waals surface area contributed by atoms with Crippen LogP contribution in [0.15, 0.2) is 0 Å². The van der Waals surface area contributed by atoms with E-state index in [4.69, 9.17) is 4.74 Å². The molecule has 104 valence electrons. The van der Waals surface area contributed by atoms with Gasteiger partial charge in [-0.25, -0.2) is 0 Å². The predicted octanol–water partition coefficient (Wildman–Crippen LogP) is 2.72. The maximum absolute atomic E-state index is 9.28. The van der Waals surface area contributed by atoms with Crippen LogP contribution in [0.4, 0.5) is 0 Å². The number of hydrogen-bond donors (Lipinski definition) is 2. The maximum Gasteiger partial charge on any atom is 0.0611 e. The van der Waals surface area contributed by atoms with Crippen LogP contribution in [0.5, 0.6) is 0 Å². The molecule has 17 heavy (non-hydrogen) atoms. The predicted molar refractivity (Wildman–Crippen MR) is 73.3 cm³/mol. The molecular formula is C14H31NO2. The van der Waals surface area contributed by atoms with E-state index >= 15 is 0 Å². The fourth-order valence-corrected chi connectivity index (χ4v) is 1.93. The van der Waals surface area contributed by atoms with Crippen molar-refractivity contribution in [3.8, 4) is 0 Å². The summed E-state index contributed by atoms with van der Waals surface area (Å²) in [4.78, 5) is 0. The van der Waals surface area contributed by atoms with Gasteiger partial charge in [0.15, 0.2) is 0 Å². The van der Waals surface area contributed by atoms with Gasteiger partial charge in [0, 0.05) is 12.1 Å². The van der Waals surface area contributed by atoms with E-state index in [0.717, 1.165) is 19.4 Å². The van der Waals surface area contributed by atoms with Crippen LogP contribution in [0.25, 0.3) is 0 Å². The molecule has 0 saturated heterocycles. The normalized spacial score (nSPS) is 16.8. The number of aliphatic hydroxyl groups excluding tert-OH is 1. The number of rotatable bonds is 11. The Morgan fingerprint density at radius 3 is 2.41 bits per heavy atom. The Labute approximate surface area is 107 Å². The average molecular weight is 245 g/mol. The molecule has 0 saturated carbocycles. The molecule has 2 atom stereocenters. The SMILES string of the molecule is CCCCCCCOC(C)CC(C)(CO)NC. The molecule has 0 bridgehead atoms. The van der Waals surface area contributed by atoms with Gasteiger partial charge in [-0.15, -0.1) is 0 Å². The second kappa shape index (κ2) is 9.86. The largest absolute Gasteiger partial charge is 0.394 e. The summed E-state index contributed by atoms with van der Waals surface area (Å²) in [6.07, 6.45) is 7.40. The van der Waals surface area contributed by atoms with Gasteiger partial charge in [-0.3, -0.25) is 0 Å². The molecule has 0 spiro atoms. The summed E-state index contributed by atoms with van der Waals surface area (Å²) in [7, 11) is 1.88. The fraction of sp³-hybridized carbons (Fsp3) is 1.00. The van der Waals surface area contributed by atoms with E-state index < -0.39 is 0 Å². The van der Waals surface area contributed by atoms with Crippen molar-refractivity contribution < 1.29 is 9.84 Å². The summed E-state index contributed by atoms with van der Waals surface area (Å²) < 4.78 is 5.77. The van der Waals surface area contributed by atoms with Crippen LogP contribution >= 0.6 is 0 Å². The first-order chi connectivity index (χ1) is 8.08. The highest BCUT2D eigenvalue weighted by atomic mass is 16.5. The zero-order valence-electron chi connectivity index (χ0n) is 12.1. The molecule has 0 radical (unpaired) electrons. The van der Waals surface area contributed by atoms with Gasteiger partial charge < -0.3 is 15.2 Å². The van der Waals surface area contributed by atoms with Crippen molar-refractivity contribution in [2.45, 2.75) is 70.9 Å². The third-order valence-corrected chi connectivity index (χ3v) is 3.34. The summed E-state index contributed by atoms with van der Waals surface area (Å²) in [6.45, 7) is 7.32. The van der Waals surface area contributed by atoms with Gasteiger partial charge in [0.25, 0.3) is 0 Å². The molecule has 0 fully saturated rings. The van der Waals surface area contributed by atoms with Crippen molar-refractivity contribution in [3.05, 3.63) is 0 Å². The molecule has 3 nitrogen and oxygen atoms in total. The minimum Gasteiger partial charge on any atom is -0.394 e. The highest BCUT2D eigenvalue weighted by Crippen LogP contribution is 2.14. The molecule has 2 unspecified atom stereocenters. The van der Waals surface area contributed by atoms with Gasteiger partial charge in [0.05, 0.1) is 12.7 Å². The standard InChI is InChI=1S/C14H31NO2/c1-5-6-7-8-9-10-17-13(2)11-14(3,12-16)15-4/h13,15-16H,5-12H2,1-4H3. The zero-order valence-corrected chi connectivity index (χ0v) is 12.1. The molecule has 2 N–H and O–H groups in total. The van der Waals surface area contributed by atoms with Gasteiger partial charge in [-0.05, 0) is 33.7 Å². The zero-order chi connectivity index (χ0) is 13.1. The van der Waals surface area contributed by atoms with Gasteiger partial charge in [-0.1, -0.05) is 32.6 Å². The Morgan fingerprint density at radius 2 is 1.88 bits per heavy atom. The Hall–Kier alpha value is -0.120. The van der Waals surface area contributed by atoms with E-state index in [1.165, 1.54) is 25.7 Å². The molecule has 0 aromatic carbocycles. The highest BCUT2D eigenvalue weighted by Gasteiger charge is 2.23. The number of aliphatic hydroxyl groups is 1. The van der Waals surface area contributed by atoms with Gasteiger partial charge in [-0.2, -0.15) is 0 Å². The van der Waals surface area contributed by atoms with Crippen molar-refractivity contribution in [1.82, 2.24) is 5.32 Å². The number of likely N-dealkylation sites (N-methyl/N-ethyl adjacent to an activating group) is 1. The first-order valence-corrected chi connectivity index (χ1v) is 6.99. The third kappa shape index (κ3) is 8.58. The molecule has 0 rings (SSSR count). The van der Waals surface area contributed by atoms with Gasteiger partial charge in [0.1, 0.15) is 0 Å². The average Bonchev–Trinajstić information content (AvgIpc) is 2.33. The van der Waals surface area contributed by atoms with Crippen LogP contribution in [0.3, 0.4) is 0 Å². The lowest BCUT2D eigenvalue weighted by molar-refractivity contribution is 0.0280. The summed E-state index contributed by atoms with van der Waals surface area (Å²) in [5.74, 6) is 0. The number of ether oxygens (including phenoxy) is 1. The lowest BCUT2D eigenvalue weighted by Gasteiger charge is -2.29. The van der Waals surface area contributed by atoms with Crippen LogP contribution in [-0.4, -0.2) is 37.0 Å². The first kappa shape index (κ1) is 16.9. The van der Waals surface area contributed by atoms with E-state index in [2.05, 4.69) is 19.2 Å². The lowest BCUT2D eigenvalue weighted by Crippen LogP contribution is -2.46. The van der Waals surface area contributed by atoms with Crippen molar-refractivity contribution in [2.24, 2.45) is 0 Å². The monoisotopic (exact) mass is 245 g/mol.